The van der Waals surface area contributed by atoms with Crippen molar-refractivity contribution in [1.82, 2.24) is 9.80 Å². The zero-order chi connectivity index (χ0) is 10.8. The molecule has 1 aliphatic heterocycles. The van der Waals surface area contributed by atoms with Gasteiger partial charge in [-0.2, -0.15) is 0 Å². The van der Waals surface area contributed by atoms with Crippen molar-refractivity contribution >= 4 is 0 Å². The van der Waals surface area contributed by atoms with Gasteiger partial charge in [0.2, 0.25) is 0 Å². The normalized spacial score (nSPS) is 35.2. The number of nitrogens with two attached hydrogens (primary N) is 1. The number of hydrogen-bond donors (Lipinski definition) is 1. The largest absolute Gasteiger partial charge is 0.326 e. The van der Waals surface area contributed by atoms with Crippen LogP contribution in [0.15, 0.2) is 0 Å². The molecule has 0 aromatic carbocycles. The molecule has 0 aromatic heterocycles. The minimum atomic E-state index is 0.440. The molecule has 0 spiro atoms. The lowest BCUT2D eigenvalue weighted by atomic mass is 10.1. The van der Waals surface area contributed by atoms with Crippen LogP contribution < -0.4 is 5.73 Å². The maximum absolute atomic E-state index is 6.15. The van der Waals surface area contributed by atoms with Crippen molar-refractivity contribution in [2.45, 2.75) is 51.2 Å². The van der Waals surface area contributed by atoms with E-state index >= 15 is 0 Å². The van der Waals surface area contributed by atoms with E-state index in [1.165, 1.54) is 45.4 Å². The van der Waals surface area contributed by atoms with Crippen molar-refractivity contribution < 1.29 is 0 Å². The van der Waals surface area contributed by atoms with Crippen LogP contribution in [0.4, 0.5) is 0 Å². The first-order chi connectivity index (χ1) is 7.18. The van der Waals surface area contributed by atoms with E-state index in [2.05, 4.69) is 23.6 Å². The standard InChI is InChI=1S/C12H25N3/c1-10(2)14-6-8-15(9-7-14)12-5-3-4-11(12)13/h10-12H,3-9,13H2,1-2H3. The number of nitrogens with zero attached hydrogens (tertiary/aromatic N) is 2. The fourth-order valence-corrected chi connectivity index (χ4v) is 3.01. The molecule has 2 unspecified atom stereocenters. The van der Waals surface area contributed by atoms with Gasteiger partial charge in [0.15, 0.2) is 0 Å². The summed E-state index contributed by atoms with van der Waals surface area (Å²) in [6.07, 6.45) is 3.88. The maximum atomic E-state index is 6.15. The van der Waals surface area contributed by atoms with Gasteiger partial charge in [0.25, 0.3) is 0 Å². The second kappa shape index (κ2) is 4.81. The SMILES string of the molecule is CC(C)N1CCN(C2CCCC2N)CC1. The lowest BCUT2D eigenvalue weighted by molar-refractivity contribution is 0.0750. The quantitative estimate of drug-likeness (QED) is 0.736. The highest BCUT2D eigenvalue weighted by molar-refractivity contribution is 4.90. The fraction of sp³-hybridized carbons (Fsp3) is 1.00. The third kappa shape index (κ3) is 2.52. The molecule has 1 saturated carbocycles. The van der Waals surface area contributed by atoms with Crippen LogP contribution in [0.1, 0.15) is 33.1 Å². The summed E-state index contributed by atoms with van der Waals surface area (Å²) in [7, 11) is 0. The molecule has 88 valence electrons. The molecule has 2 aliphatic rings. The predicted octanol–water partition coefficient (Wildman–Crippen LogP) is 0.892. The Morgan fingerprint density at radius 3 is 2.20 bits per heavy atom. The molecular formula is C12H25N3. The summed E-state index contributed by atoms with van der Waals surface area (Å²) in [5, 5.41) is 0. The van der Waals surface area contributed by atoms with E-state index in [-0.39, 0.29) is 0 Å². The minimum absolute atomic E-state index is 0.440. The third-order valence-electron chi connectivity index (χ3n) is 4.08. The molecule has 2 N–H and O–H groups in total. The van der Waals surface area contributed by atoms with Crippen LogP contribution in [0.5, 0.6) is 0 Å². The first-order valence-electron chi connectivity index (χ1n) is 6.42. The summed E-state index contributed by atoms with van der Waals surface area (Å²) >= 11 is 0. The topological polar surface area (TPSA) is 32.5 Å². The molecule has 2 atom stereocenters. The summed E-state index contributed by atoms with van der Waals surface area (Å²) in [4.78, 5) is 5.19. The van der Waals surface area contributed by atoms with Gasteiger partial charge in [-0.15, -0.1) is 0 Å². The van der Waals surface area contributed by atoms with E-state index in [0.717, 1.165) is 0 Å². The summed E-state index contributed by atoms with van der Waals surface area (Å²) in [6.45, 7) is 9.46. The maximum Gasteiger partial charge on any atom is 0.0248 e. The van der Waals surface area contributed by atoms with E-state index in [0.29, 0.717) is 18.1 Å². The van der Waals surface area contributed by atoms with Gasteiger partial charge in [-0.05, 0) is 26.7 Å². The molecule has 3 nitrogen and oxygen atoms in total. The number of rotatable bonds is 2. The van der Waals surface area contributed by atoms with E-state index in [9.17, 15) is 0 Å². The van der Waals surface area contributed by atoms with Gasteiger partial charge < -0.3 is 5.73 Å². The van der Waals surface area contributed by atoms with Gasteiger partial charge in [-0.1, -0.05) is 6.42 Å². The zero-order valence-corrected chi connectivity index (χ0v) is 10.2. The van der Waals surface area contributed by atoms with Crippen LogP contribution in [-0.2, 0) is 0 Å². The van der Waals surface area contributed by atoms with Crippen LogP contribution in [-0.4, -0.2) is 54.1 Å². The monoisotopic (exact) mass is 211 g/mol. The Morgan fingerprint density at radius 1 is 1.07 bits per heavy atom. The Hall–Kier alpha value is -0.120. The molecular weight excluding hydrogens is 186 g/mol. The molecule has 3 heteroatoms. The van der Waals surface area contributed by atoms with Gasteiger partial charge in [-0.3, -0.25) is 9.80 Å². The first kappa shape index (κ1) is 11.4. The fourth-order valence-electron chi connectivity index (χ4n) is 3.01. The molecule has 1 heterocycles. The first-order valence-corrected chi connectivity index (χ1v) is 6.42. The molecule has 15 heavy (non-hydrogen) atoms. The average molecular weight is 211 g/mol. The summed E-state index contributed by atoms with van der Waals surface area (Å²) < 4.78 is 0. The molecule has 0 radical (unpaired) electrons. The van der Waals surface area contributed by atoms with E-state index < -0.39 is 0 Å². The molecule has 2 rings (SSSR count). The highest BCUT2D eigenvalue weighted by Crippen LogP contribution is 2.23. The lowest BCUT2D eigenvalue weighted by Gasteiger charge is -2.40. The van der Waals surface area contributed by atoms with Gasteiger partial charge in [0.05, 0.1) is 0 Å². The number of hydrogen-bond acceptors (Lipinski definition) is 3. The van der Waals surface area contributed by atoms with E-state index in [1.54, 1.807) is 0 Å². The Kier molecular flexibility index (Phi) is 3.65. The van der Waals surface area contributed by atoms with Gasteiger partial charge in [-0.25, -0.2) is 0 Å². The van der Waals surface area contributed by atoms with Gasteiger partial charge in [0.1, 0.15) is 0 Å². The van der Waals surface area contributed by atoms with Gasteiger partial charge in [0, 0.05) is 44.3 Å². The van der Waals surface area contributed by atoms with Crippen molar-refractivity contribution in [3.8, 4) is 0 Å². The van der Waals surface area contributed by atoms with Crippen molar-refractivity contribution in [3.63, 3.8) is 0 Å². The van der Waals surface area contributed by atoms with Crippen molar-refractivity contribution in [1.29, 1.82) is 0 Å². The molecule has 0 bridgehead atoms. The smallest absolute Gasteiger partial charge is 0.0248 e. The zero-order valence-electron chi connectivity index (χ0n) is 10.2. The average Bonchev–Trinajstić information content (AvgIpc) is 2.65. The van der Waals surface area contributed by atoms with E-state index in [1.807, 2.05) is 0 Å². The molecule has 0 amide bonds. The third-order valence-corrected chi connectivity index (χ3v) is 4.08. The number of piperazine rings is 1. The molecule has 1 aliphatic carbocycles. The molecule has 0 aromatic rings. The minimum Gasteiger partial charge on any atom is -0.326 e. The predicted molar refractivity (Wildman–Crippen MR) is 63.9 cm³/mol. The van der Waals surface area contributed by atoms with Gasteiger partial charge >= 0.3 is 0 Å². The van der Waals surface area contributed by atoms with Crippen molar-refractivity contribution in [2.24, 2.45) is 5.73 Å². The molecule has 2 fully saturated rings. The summed E-state index contributed by atoms with van der Waals surface area (Å²) in [5.41, 5.74) is 6.15. The van der Waals surface area contributed by atoms with E-state index in [4.69, 9.17) is 5.73 Å². The van der Waals surface area contributed by atoms with Crippen molar-refractivity contribution in [2.75, 3.05) is 26.2 Å². The summed E-state index contributed by atoms with van der Waals surface area (Å²) in [5.74, 6) is 0. The summed E-state index contributed by atoms with van der Waals surface area (Å²) in [6, 6.07) is 1.82. The van der Waals surface area contributed by atoms with Crippen LogP contribution in [0.3, 0.4) is 0 Å². The lowest BCUT2D eigenvalue weighted by Crippen LogP contribution is -2.55. The van der Waals surface area contributed by atoms with Crippen LogP contribution in [0.25, 0.3) is 0 Å². The highest BCUT2D eigenvalue weighted by atomic mass is 15.3. The van der Waals surface area contributed by atoms with Crippen molar-refractivity contribution in [3.05, 3.63) is 0 Å². The van der Waals surface area contributed by atoms with Crippen LogP contribution in [0.2, 0.25) is 0 Å². The molecule has 1 saturated heterocycles. The Bertz CT molecular complexity index is 197. The van der Waals surface area contributed by atoms with Crippen LogP contribution in [0, 0.1) is 0 Å². The second-order valence-corrected chi connectivity index (χ2v) is 5.33. The highest BCUT2D eigenvalue weighted by Gasteiger charge is 2.31. The Balaban J connectivity index is 1.82. The Morgan fingerprint density at radius 2 is 1.73 bits per heavy atom. The Labute approximate surface area is 93.6 Å². The second-order valence-electron chi connectivity index (χ2n) is 5.33. The van der Waals surface area contributed by atoms with Crippen LogP contribution >= 0.6 is 0 Å².